The van der Waals surface area contributed by atoms with Gasteiger partial charge in [0.1, 0.15) is 11.5 Å². The topological polar surface area (TPSA) is 74.8 Å². The van der Waals surface area contributed by atoms with Crippen molar-refractivity contribution in [3.8, 4) is 34.1 Å². The van der Waals surface area contributed by atoms with E-state index >= 15 is 0 Å². The molecule has 0 aliphatic carbocycles. The van der Waals surface area contributed by atoms with Gasteiger partial charge in [-0.25, -0.2) is 0 Å². The zero-order valence-corrected chi connectivity index (χ0v) is 17.0. The molecular weight excluding hydrogens is 380 g/mol. The Balaban J connectivity index is 1.70. The van der Waals surface area contributed by atoms with Crippen molar-refractivity contribution in [2.75, 3.05) is 26.1 Å². The number of methoxy groups -OCH3 is 1. The van der Waals surface area contributed by atoms with E-state index in [9.17, 15) is 9.90 Å². The van der Waals surface area contributed by atoms with E-state index in [-0.39, 0.29) is 11.5 Å². The maximum atomic E-state index is 12.6. The van der Waals surface area contributed by atoms with Gasteiger partial charge in [-0.2, -0.15) is 0 Å². The number of rotatable bonds is 5. The molecule has 2 N–H and O–H groups in total. The van der Waals surface area contributed by atoms with E-state index in [0.29, 0.717) is 22.4 Å². The van der Waals surface area contributed by atoms with Gasteiger partial charge < -0.3 is 24.5 Å². The van der Waals surface area contributed by atoms with Crippen molar-refractivity contribution < 1.29 is 14.6 Å². The fourth-order valence-electron chi connectivity index (χ4n) is 3.25. The molecule has 1 heterocycles. The third-order valence-electron chi connectivity index (χ3n) is 4.94. The van der Waals surface area contributed by atoms with Gasteiger partial charge in [-0.3, -0.25) is 4.79 Å². The number of hydrogen-bond donors (Lipinski definition) is 2. The molecule has 4 rings (SSSR count). The molecule has 6 nitrogen and oxygen atoms in total. The Labute approximate surface area is 173 Å². The summed E-state index contributed by atoms with van der Waals surface area (Å²) in [4.78, 5) is 17.4. The molecule has 0 atom stereocenters. The van der Waals surface area contributed by atoms with E-state index in [0.717, 1.165) is 16.8 Å². The Hall–Kier alpha value is -3.93. The summed E-state index contributed by atoms with van der Waals surface area (Å²) in [7, 11) is 5.55. The highest BCUT2D eigenvalue weighted by Gasteiger charge is 2.15. The second kappa shape index (κ2) is 7.83. The quantitative estimate of drug-likeness (QED) is 0.503. The normalized spacial score (nSPS) is 10.8. The lowest BCUT2D eigenvalue weighted by atomic mass is 10.0. The first-order valence-corrected chi connectivity index (χ1v) is 9.45. The monoisotopic (exact) mass is 402 g/mol. The Morgan fingerprint density at radius 2 is 1.50 bits per heavy atom. The lowest BCUT2D eigenvalue weighted by Gasteiger charge is -2.13. The van der Waals surface area contributed by atoms with Gasteiger partial charge in [0.05, 0.1) is 12.6 Å². The van der Waals surface area contributed by atoms with Crippen molar-refractivity contribution in [1.82, 2.24) is 4.98 Å². The summed E-state index contributed by atoms with van der Waals surface area (Å²) in [6, 6.07) is 20.4. The first kappa shape index (κ1) is 19.4. The fourth-order valence-corrected chi connectivity index (χ4v) is 3.25. The minimum absolute atomic E-state index is 0.143. The van der Waals surface area contributed by atoms with Crippen molar-refractivity contribution in [3.63, 3.8) is 0 Å². The van der Waals surface area contributed by atoms with E-state index in [2.05, 4.69) is 4.98 Å². The average Bonchev–Trinajstić information content (AvgIpc) is 2.76. The highest BCUT2D eigenvalue weighted by Crippen LogP contribution is 2.35. The maximum absolute atomic E-state index is 12.6. The van der Waals surface area contributed by atoms with Gasteiger partial charge >= 0.3 is 0 Å². The smallest absolute Gasteiger partial charge is 0.295 e. The van der Waals surface area contributed by atoms with Crippen molar-refractivity contribution >= 4 is 16.6 Å². The molecule has 0 saturated heterocycles. The fraction of sp³-hybridized carbons (Fsp3) is 0.125. The molecule has 1 aromatic heterocycles. The molecule has 0 fully saturated rings. The summed E-state index contributed by atoms with van der Waals surface area (Å²) in [5, 5.41) is 11.2. The molecule has 0 radical (unpaired) electrons. The minimum Gasteiger partial charge on any atom is -0.504 e. The van der Waals surface area contributed by atoms with Crippen LogP contribution in [0, 0.1) is 0 Å². The van der Waals surface area contributed by atoms with Crippen LogP contribution >= 0.6 is 0 Å². The number of H-pyrrole nitrogens is 1. The summed E-state index contributed by atoms with van der Waals surface area (Å²) in [6.07, 6.45) is 0. The maximum Gasteiger partial charge on any atom is 0.295 e. The molecular formula is C24H22N2O4. The highest BCUT2D eigenvalue weighted by atomic mass is 16.5. The number of anilines is 1. The molecule has 0 aliphatic heterocycles. The van der Waals surface area contributed by atoms with Crippen LogP contribution in [0.5, 0.6) is 23.0 Å². The number of nitrogens with one attached hydrogen (secondary N) is 1. The van der Waals surface area contributed by atoms with Crippen molar-refractivity contribution in [3.05, 3.63) is 77.1 Å². The molecule has 4 aromatic rings. The van der Waals surface area contributed by atoms with Crippen LogP contribution in [0.3, 0.4) is 0 Å². The van der Waals surface area contributed by atoms with Gasteiger partial charge in [-0.15, -0.1) is 0 Å². The summed E-state index contributed by atoms with van der Waals surface area (Å²) in [6.45, 7) is 0. The number of aromatic hydroxyl groups is 1. The largest absolute Gasteiger partial charge is 0.504 e. The average molecular weight is 402 g/mol. The number of pyridine rings is 1. The Bertz CT molecular complexity index is 1240. The second-order valence-electron chi connectivity index (χ2n) is 7.11. The van der Waals surface area contributed by atoms with Crippen LogP contribution in [-0.4, -0.2) is 31.3 Å². The third-order valence-corrected chi connectivity index (χ3v) is 4.94. The SMILES string of the molecule is COc1ccc(Oc2c(O)c3ccc(-c4ccc(N(C)C)cc4)cc3[nH]c2=O)cc1. The van der Waals surface area contributed by atoms with Crippen LogP contribution in [0.1, 0.15) is 0 Å². The van der Waals surface area contributed by atoms with Crippen LogP contribution in [0.25, 0.3) is 22.0 Å². The van der Waals surface area contributed by atoms with Gasteiger partial charge in [0.2, 0.25) is 5.75 Å². The molecule has 30 heavy (non-hydrogen) atoms. The molecule has 0 unspecified atom stereocenters. The predicted octanol–water partition coefficient (Wildman–Crippen LogP) is 4.77. The number of nitrogens with zero attached hydrogens (tertiary/aromatic N) is 1. The lowest BCUT2D eigenvalue weighted by molar-refractivity contribution is 0.404. The van der Waals surface area contributed by atoms with E-state index < -0.39 is 5.56 Å². The number of fused-ring (bicyclic) bond motifs is 1. The number of hydrogen-bond acceptors (Lipinski definition) is 5. The summed E-state index contributed by atoms with van der Waals surface area (Å²) < 4.78 is 10.8. The van der Waals surface area contributed by atoms with Crippen molar-refractivity contribution in [1.29, 1.82) is 0 Å². The first-order valence-electron chi connectivity index (χ1n) is 9.45. The zero-order valence-electron chi connectivity index (χ0n) is 17.0. The van der Waals surface area contributed by atoms with Crippen molar-refractivity contribution in [2.45, 2.75) is 0 Å². The van der Waals surface area contributed by atoms with Crippen molar-refractivity contribution in [2.24, 2.45) is 0 Å². The van der Waals surface area contributed by atoms with E-state index in [4.69, 9.17) is 9.47 Å². The summed E-state index contributed by atoms with van der Waals surface area (Å²) >= 11 is 0. The van der Waals surface area contributed by atoms with Gasteiger partial charge in [-0.1, -0.05) is 18.2 Å². The number of ether oxygens (including phenoxy) is 2. The third kappa shape index (κ3) is 3.67. The van der Waals surface area contributed by atoms with Crippen LogP contribution in [0.2, 0.25) is 0 Å². The molecule has 0 amide bonds. The van der Waals surface area contributed by atoms with Gasteiger partial charge in [0.25, 0.3) is 5.56 Å². The predicted molar refractivity (Wildman–Crippen MR) is 119 cm³/mol. The van der Waals surface area contributed by atoms with Crippen LogP contribution in [0.4, 0.5) is 5.69 Å². The highest BCUT2D eigenvalue weighted by molar-refractivity contribution is 5.90. The zero-order chi connectivity index (χ0) is 21.3. The molecule has 3 aromatic carbocycles. The Kier molecular flexibility index (Phi) is 5.06. The number of aromatic amines is 1. The van der Waals surface area contributed by atoms with Gasteiger partial charge in [0.15, 0.2) is 5.75 Å². The van der Waals surface area contributed by atoms with Crippen LogP contribution in [0.15, 0.2) is 71.5 Å². The molecule has 152 valence electrons. The second-order valence-corrected chi connectivity index (χ2v) is 7.11. The molecule has 0 saturated carbocycles. The van der Waals surface area contributed by atoms with E-state index in [1.54, 1.807) is 37.4 Å². The standard InChI is InChI=1S/C24H22N2O4/c1-26(2)17-7-4-15(5-8-17)16-6-13-20-21(14-16)25-24(28)23(22(20)27)30-19-11-9-18(29-3)10-12-19/h4-14H,1-3H3,(H2,25,27,28). The van der Waals surface area contributed by atoms with Gasteiger partial charge in [0, 0.05) is 25.2 Å². The number of aromatic nitrogens is 1. The van der Waals surface area contributed by atoms with Gasteiger partial charge in [-0.05, 0) is 59.7 Å². The molecule has 6 heteroatoms. The Morgan fingerprint density at radius 1 is 0.867 bits per heavy atom. The lowest BCUT2D eigenvalue weighted by Crippen LogP contribution is -2.09. The van der Waals surface area contributed by atoms with E-state index in [1.165, 1.54) is 0 Å². The Morgan fingerprint density at radius 3 is 2.13 bits per heavy atom. The van der Waals surface area contributed by atoms with E-state index in [1.807, 2.05) is 55.4 Å². The van der Waals surface area contributed by atoms with Crippen LogP contribution in [-0.2, 0) is 0 Å². The number of benzene rings is 3. The summed E-state index contributed by atoms with van der Waals surface area (Å²) in [5.74, 6) is 0.758. The minimum atomic E-state index is -0.504. The molecule has 0 spiro atoms. The molecule has 0 bridgehead atoms. The first-order chi connectivity index (χ1) is 14.5. The summed E-state index contributed by atoms with van der Waals surface area (Å²) in [5.41, 5.74) is 3.09. The molecule has 0 aliphatic rings. The van der Waals surface area contributed by atoms with Crippen LogP contribution < -0.4 is 19.9 Å².